The topological polar surface area (TPSA) is 76.2 Å². The van der Waals surface area contributed by atoms with Crippen molar-refractivity contribution in [2.75, 3.05) is 57.8 Å². The van der Waals surface area contributed by atoms with Crippen LogP contribution in [0.15, 0.2) is 48.5 Å². The van der Waals surface area contributed by atoms with Crippen molar-refractivity contribution in [2.45, 2.75) is 25.4 Å². The van der Waals surface area contributed by atoms with Gasteiger partial charge in [0.15, 0.2) is 0 Å². The van der Waals surface area contributed by atoms with Crippen LogP contribution in [0.2, 0.25) is 0 Å². The number of hydrogen-bond donors (Lipinski definition) is 1. The molecule has 1 atom stereocenters. The molecule has 0 spiro atoms. The highest BCUT2D eigenvalue weighted by molar-refractivity contribution is 6.11. The molecule has 2 saturated heterocycles. The number of para-hydroxylation sites is 1. The molecule has 3 heterocycles. The molecule has 0 aromatic heterocycles. The maximum absolute atomic E-state index is 13.5. The Balaban J connectivity index is 1.28. The minimum atomic E-state index is -0.420. The van der Waals surface area contributed by atoms with Crippen molar-refractivity contribution < 1.29 is 14.4 Å². The van der Waals surface area contributed by atoms with E-state index in [1.807, 2.05) is 36.4 Å². The SMILES string of the molecule is CN1CCN(CCNC(=O)c2cccc(CN3C(=O)C4CCCN4C(=O)c4ccccc43)c2)CC1. The largest absolute Gasteiger partial charge is 0.351 e. The summed E-state index contributed by atoms with van der Waals surface area (Å²) in [6.45, 7) is 6.52. The first-order valence-corrected chi connectivity index (χ1v) is 12.5. The molecule has 0 aliphatic carbocycles. The number of anilines is 1. The quantitative estimate of drug-likeness (QED) is 0.690. The monoisotopic (exact) mass is 475 g/mol. The molecule has 3 amide bonds. The number of carbonyl (C=O) groups is 3. The number of carbonyl (C=O) groups excluding carboxylic acids is 3. The van der Waals surface area contributed by atoms with Crippen LogP contribution in [-0.4, -0.2) is 91.3 Å². The third kappa shape index (κ3) is 4.94. The molecular weight excluding hydrogens is 442 g/mol. The number of nitrogens with zero attached hydrogens (tertiary/aromatic N) is 4. The summed E-state index contributed by atoms with van der Waals surface area (Å²) < 4.78 is 0. The van der Waals surface area contributed by atoms with Crippen molar-refractivity contribution in [3.63, 3.8) is 0 Å². The Morgan fingerprint density at radius 3 is 2.63 bits per heavy atom. The van der Waals surface area contributed by atoms with Crippen LogP contribution in [-0.2, 0) is 11.3 Å². The van der Waals surface area contributed by atoms with Crippen LogP contribution in [0.3, 0.4) is 0 Å². The minimum absolute atomic E-state index is 0.0529. The Hall–Kier alpha value is -3.23. The molecular formula is C27H33N5O3. The molecule has 8 nitrogen and oxygen atoms in total. The van der Waals surface area contributed by atoms with E-state index >= 15 is 0 Å². The van der Waals surface area contributed by atoms with Gasteiger partial charge in [0.2, 0.25) is 5.91 Å². The molecule has 2 aromatic carbocycles. The Morgan fingerprint density at radius 2 is 1.80 bits per heavy atom. The summed E-state index contributed by atoms with van der Waals surface area (Å²) in [5.41, 5.74) is 2.63. The Kier molecular flexibility index (Phi) is 6.83. The van der Waals surface area contributed by atoms with Crippen molar-refractivity contribution in [1.29, 1.82) is 0 Å². The van der Waals surface area contributed by atoms with E-state index < -0.39 is 6.04 Å². The second-order valence-electron chi connectivity index (χ2n) is 9.70. The minimum Gasteiger partial charge on any atom is -0.351 e. The van der Waals surface area contributed by atoms with E-state index in [4.69, 9.17) is 0 Å². The van der Waals surface area contributed by atoms with E-state index in [1.54, 1.807) is 21.9 Å². The van der Waals surface area contributed by atoms with Gasteiger partial charge in [-0.2, -0.15) is 0 Å². The molecule has 3 aliphatic rings. The zero-order valence-corrected chi connectivity index (χ0v) is 20.3. The van der Waals surface area contributed by atoms with E-state index in [-0.39, 0.29) is 17.7 Å². The number of rotatable bonds is 6. The third-order valence-electron chi connectivity index (χ3n) is 7.33. The molecule has 8 heteroatoms. The van der Waals surface area contributed by atoms with E-state index in [1.165, 1.54) is 0 Å². The fourth-order valence-electron chi connectivity index (χ4n) is 5.27. The number of nitrogens with one attached hydrogen (secondary N) is 1. The summed E-state index contributed by atoms with van der Waals surface area (Å²) >= 11 is 0. The van der Waals surface area contributed by atoms with Crippen LogP contribution < -0.4 is 10.2 Å². The van der Waals surface area contributed by atoms with Crippen molar-refractivity contribution in [2.24, 2.45) is 0 Å². The van der Waals surface area contributed by atoms with Crippen molar-refractivity contribution >= 4 is 23.4 Å². The lowest BCUT2D eigenvalue weighted by atomic mass is 10.1. The van der Waals surface area contributed by atoms with E-state index in [2.05, 4.69) is 22.2 Å². The normalized spacial score (nSPS) is 21.0. The molecule has 2 aromatic rings. The highest BCUT2D eigenvalue weighted by atomic mass is 16.2. The summed E-state index contributed by atoms with van der Waals surface area (Å²) in [6, 6.07) is 14.3. The second-order valence-corrected chi connectivity index (χ2v) is 9.70. The first-order chi connectivity index (χ1) is 17.0. The number of amides is 3. The summed E-state index contributed by atoms with van der Waals surface area (Å²) in [4.78, 5) is 47.6. The van der Waals surface area contributed by atoms with Gasteiger partial charge in [-0.3, -0.25) is 19.3 Å². The van der Waals surface area contributed by atoms with Crippen LogP contribution in [0, 0.1) is 0 Å². The Labute approximate surface area is 206 Å². The fraction of sp³-hybridized carbons (Fsp3) is 0.444. The highest BCUT2D eigenvalue weighted by Crippen LogP contribution is 2.33. The van der Waals surface area contributed by atoms with Crippen molar-refractivity contribution in [3.05, 3.63) is 65.2 Å². The zero-order valence-electron chi connectivity index (χ0n) is 20.3. The average Bonchev–Trinajstić information content (AvgIpc) is 3.35. The van der Waals surface area contributed by atoms with Crippen LogP contribution in [0.4, 0.5) is 5.69 Å². The molecule has 0 saturated carbocycles. The number of hydrogen-bond acceptors (Lipinski definition) is 5. The zero-order chi connectivity index (χ0) is 24.4. The van der Waals surface area contributed by atoms with E-state index in [9.17, 15) is 14.4 Å². The van der Waals surface area contributed by atoms with Gasteiger partial charge in [0.05, 0.1) is 17.8 Å². The maximum Gasteiger partial charge on any atom is 0.256 e. The molecule has 0 bridgehead atoms. The smallest absolute Gasteiger partial charge is 0.256 e. The third-order valence-corrected chi connectivity index (χ3v) is 7.33. The van der Waals surface area contributed by atoms with Crippen molar-refractivity contribution in [1.82, 2.24) is 20.0 Å². The van der Waals surface area contributed by atoms with Gasteiger partial charge in [-0.25, -0.2) is 0 Å². The molecule has 2 fully saturated rings. The van der Waals surface area contributed by atoms with Gasteiger partial charge in [-0.1, -0.05) is 24.3 Å². The molecule has 1 unspecified atom stereocenters. The van der Waals surface area contributed by atoms with E-state index in [0.29, 0.717) is 42.9 Å². The van der Waals surface area contributed by atoms with E-state index in [0.717, 1.165) is 44.7 Å². The lowest BCUT2D eigenvalue weighted by Crippen LogP contribution is -2.46. The first-order valence-electron chi connectivity index (χ1n) is 12.5. The molecule has 184 valence electrons. The maximum atomic E-state index is 13.5. The van der Waals surface area contributed by atoms with Gasteiger partial charge in [0.25, 0.3) is 11.8 Å². The fourth-order valence-corrected chi connectivity index (χ4v) is 5.27. The summed E-state index contributed by atoms with van der Waals surface area (Å²) in [6.07, 6.45) is 1.52. The van der Waals surface area contributed by atoms with Crippen LogP contribution in [0.1, 0.15) is 39.1 Å². The predicted octanol–water partition coefficient (Wildman–Crippen LogP) is 1.82. The highest BCUT2D eigenvalue weighted by Gasteiger charge is 2.41. The van der Waals surface area contributed by atoms with Gasteiger partial charge in [-0.05, 0) is 49.7 Å². The molecule has 0 radical (unpaired) electrons. The van der Waals surface area contributed by atoms with Crippen LogP contribution >= 0.6 is 0 Å². The predicted molar refractivity (Wildman–Crippen MR) is 134 cm³/mol. The molecule has 35 heavy (non-hydrogen) atoms. The number of benzene rings is 2. The van der Waals surface area contributed by atoms with Crippen LogP contribution in [0.25, 0.3) is 0 Å². The van der Waals surface area contributed by atoms with Gasteiger partial charge < -0.3 is 20.0 Å². The Morgan fingerprint density at radius 1 is 1.00 bits per heavy atom. The summed E-state index contributed by atoms with van der Waals surface area (Å²) in [5.74, 6) is -0.240. The lowest BCUT2D eigenvalue weighted by molar-refractivity contribution is -0.122. The molecule has 5 rings (SSSR count). The number of fused-ring (bicyclic) bond motifs is 2. The lowest BCUT2D eigenvalue weighted by Gasteiger charge is -2.32. The number of piperazine rings is 1. The standard InChI is InChI=1S/C27H33N5O3/c1-29-14-16-30(17-15-29)13-11-28-25(33)21-7-4-6-20(18-21)19-32-23-9-3-2-8-22(23)26(34)31-12-5-10-24(31)27(32)35/h2-4,6-9,18,24H,5,10-17,19H2,1H3,(H,28,33). The summed E-state index contributed by atoms with van der Waals surface area (Å²) in [5, 5.41) is 3.03. The van der Waals surface area contributed by atoms with Gasteiger partial charge in [0.1, 0.15) is 6.04 Å². The van der Waals surface area contributed by atoms with Gasteiger partial charge >= 0.3 is 0 Å². The molecule has 1 N–H and O–H groups in total. The van der Waals surface area contributed by atoms with Crippen LogP contribution in [0.5, 0.6) is 0 Å². The first kappa shape index (κ1) is 23.5. The van der Waals surface area contributed by atoms with Gasteiger partial charge in [0, 0.05) is 51.4 Å². The van der Waals surface area contributed by atoms with Gasteiger partial charge in [-0.15, -0.1) is 0 Å². The average molecular weight is 476 g/mol. The summed E-state index contributed by atoms with van der Waals surface area (Å²) in [7, 11) is 2.13. The van der Waals surface area contributed by atoms with Crippen molar-refractivity contribution in [3.8, 4) is 0 Å². The second kappa shape index (κ2) is 10.2. The molecule has 3 aliphatic heterocycles. The Bertz CT molecular complexity index is 1110. The number of likely N-dealkylation sites (N-methyl/N-ethyl adjacent to an activating group) is 1.